The van der Waals surface area contributed by atoms with Crippen LogP contribution < -0.4 is 4.90 Å². The maximum atomic E-state index is 6.47. The van der Waals surface area contributed by atoms with E-state index in [2.05, 4.69) is 193 Å². The molecule has 0 radical (unpaired) electrons. The topological polar surface area (TPSA) is 16.4 Å². The first kappa shape index (κ1) is 32.8. The van der Waals surface area contributed by atoms with Crippen LogP contribution in [0.3, 0.4) is 0 Å². The lowest BCUT2D eigenvalue weighted by atomic mass is 9.68. The van der Waals surface area contributed by atoms with Crippen LogP contribution in [0.15, 0.2) is 199 Å². The maximum absolute atomic E-state index is 6.47. The number of benzene rings is 9. The molecule has 2 aliphatic rings. The fourth-order valence-corrected chi connectivity index (χ4v) is 10.7. The first-order valence-corrected chi connectivity index (χ1v) is 20.1. The fraction of sp³-hybridized carbons (Fsp3) is 0.0357. The monoisotopic (exact) mass is 739 g/mol. The largest absolute Gasteiger partial charge is 0.461 e. The molecule has 10 aromatic rings. The van der Waals surface area contributed by atoms with E-state index < -0.39 is 5.41 Å². The Hall–Kier alpha value is -7.42. The van der Waals surface area contributed by atoms with Crippen molar-refractivity contribution in [3.8, 4) is 22.3 Å². The van der Waals surface area contributed by atoms with Gasteiger partial charge in [0.2, 0.25) is 0 Å². The summed E-state index contributed by atoms with van der Waals surface area (Å²) in [6.07, 6.45) is 5.94. The highest BCUT2D eigenvalue weighted by molar-refractivity contribution is 6.23. The number of nitrogens with zero attached hydrogens (tertiary/aromatic N) is 1. The number of para-hydroxylation sites is 1. The van der Waals surface area contributed by atoms with Crippen LogP contribution in [-0.4, -0.2) is 0 Å². The van der Waals surface area contributed by atoms with Gasteiger partial charge >= 0.3 is 0 Å². The van der Waals surface area contributed by atoms with E-state index in [0.29, 0.717) is 0 Å². The summed E-state index contributed by atoms with van der Waals surface area (Å²) >= 11 is 0. The Balaban J connectivity index is 1.30. The number of hydrogen-bond donors (Lipinski definition) is 0. The maximum Gasteiger partial charge on any atom is 0.137 e. The zero-order valence-corrected chi connectivity index (χ0v) is 32.0. The smallest absolute Gasteiger partial charge is 0.137 e. The number of allylic oxidation sites excluding steroid dienone is 2. The molecule has 0 N–H and O–H groups in total. The summed E-state index contributed by atoms with van der Waals surface area (Å²) in [5, 5.41) is 8.62. The summed E-state index contributed by atoms with van der Waals surface area (Å²) in [6.45, 7) is 6.03. The molecule has 12 rings (SSSR count). The minimum absolute atomic E-state index is 0.554. The van der Waals surface area contributed by atoms with Crippen molar-refractivity contribution in [3.05, 3.63) is 228 Å². The first-order chi connectivity index (χ1) is 28.7. The first-order valence-electron chi connectivity index (χ1n) is 20.1. The van der Waals surface area contributed by atoms with Gasteiger partial charge in [0, 0.05) is 16.6 Å². The fourth-order valence-electron chi connectivity index (χ4n) is 10.7. The van der Waals surface area contributed by atoms with Crippen LogP contribution in [0.2, 0.25) is 0 Å². The van der Waals surface area contributed by atoms with Crippen molar-refractivity contribution in [2.24, 2.45) is 0 Å². The van der Waals surface area contributed by atoms with Crippen molar-refractivity contribution in [1.82, 2.24) is 0 Å². The third kappa shape index (κ3) is 4.21. The molecule has 58 heavy (non-hydrogen) atoms. The van der Waals surface area contributed by atoms with Gasteiger partial charge in [0.05, 0.1) is 22.2 Å². The van der Waals surface area contributed by atoms with Gasteiger partial charge in [-0.1, -0.05) is 170 Å². The van der Waals surface area contributed by atoms with E-state index in [1.807, 2.05) is 19.1 Å². The molecule has 1 spiro atoms. The molecule has 0 atom stereocenters. The number of furan rings is 1. The number of rotatable bonds is 5. The van der Waals surface area contributed by atoms with Crippen LogP contribution >= 0.6 is 0 Å². The van der Waals surface area contributed by atoms with Crippen LogP contribution in [0.25, 0.3) is 71.6 Å². The second-order valence-corrected chi connectivity index (χ2v) is 15.5. The molecule has 0 saturated heterocycles. The molecule has 2 nitrogen and oxygen atoms in total. The number of aryl methyl sites for hydroxylation is 1. The molecule has 0 amide bonds. The summed E-state index contributed by atoms with van der Waals surface area (Å²) < 4.78 is 6.47. The molecule has 1 aromatic heterocycles. The van der Waals surface area contributed by atoms with E-state index in [4.69, 9.17) is 4.42 Å². The van der Waals surface area contributed by atoms with Gasteiger partial charge in [-0.05, 0) is 109 Å². The van der Waals surface area contributed by atoms with Gasteiger partial charge < -0.3 is 9.32 Å². The molecule has 2 aliphatic carbocycles. The normalized spacial score (nSPS) is 13.4. The predicted molar refractivity (Wildman–Crippen MR) is 244 cm³/mol. The van der Waals surface area contributed by atoms with Gasteiger partial charge in [-0.25, -0.2) is 0 Å². The summed E-state index contributed by atoms with van der Waals surface area (Å²) in [6, 6.07) is 65.2. The number of anilines is 3. The lowest BCUT2D eigenvalue weighted by molar-refractivity contribution is 0.577. The second kappa shape index (κ2) is 12.3. The zero-order chi connectivity index (χ0) is 38.5. The van der Waals surface area contributed by atoms with Crippen molar-refractivity contribution in [2.45, 2.75) is 12.3 Å². The van der Waals surface area contributed by atoms with Gasteiger partial charge in [0.1, 0.15) is 11.3 Å². The highest BCUT2D eigenvalue weighted by atomic mass is 16.3. The van der Waals surface area contributed by atoms with Crippen LogP contribution in [0.5, 0.6) is 0 Å². The summed E-state index contributed by atoms with van der Waals surface area (Å²) in [7, 11) is 0. The minimum Gasteiger partial charge on any atom is -0.461 e. The van der Waals surface area contributed by atoms with Crippen molar-refractivity contribution in [2.75, 3.05) is 4.90 Å². The van der Waals surface area contributed by atoms with Gasteiger partial charge in [-0.3, -0.25) is 0 Å². The Morgan fingerprint density at radius 1 is 0.517 bits per heavy atom. The van der Waals surface area contributed by atoms with Crippen molar-refractivity contribution < 1.29 is 4.42 Å². The van der Waals surface area contributed by atoms with E-state index in [-0.39, 0.29) is 0 Å². The average Bonchev–Trinajstić information content (AvgIpc) is 3.89. The quantitative estimate of drug-likeness (QED) is 0.129. The van der Waals surface area contributed by atoms with Crippen molar-refractivity contribution in [1.29, 1.82) is 0 Å². The van der Waals surface area contributed by atoms with Crippen LogP contribution in [0.4, 0.5) is 17.1 Å². The third-order valence-corrected chi connectivity index (χ3v) is 12.7. The third-order valence-electron chi connectivity index (χ3n) is 12.7. The van der Waals surface area contributed by atoms with Gasteiger partial charge in [-0.15, -0.1) is 0 Å². The molecular weight excluding hydrogens is 703 g/mol. The Kier molecular flexibility index (Phi) is 6.95. The average molecular weight is 740 g/mol. The highest BCUT2D eigenvalue weighted by Crippen LogP contribution is 2.67. The Morgan fingerprint density at radius 2 is 1.09 bits per heavy atom. The van der Waals surface area contributed by atoms with E-state index in [1.165, 1.54) is 76.8 Å². The van der Waals surface area contributed by atoms with Gasteiger partial charge in [0.15, 0.2) is 0 Å². The molecule has 0 aliphatic heterocycles. The molecule has 0 unspecified atom stereocenters. The minimum atomic E-state index is -0.554. The zero-order valence-electron chi connectivity index (χ0n) is 32.0. The molecule has 272 valence electrons. The Bertz CT molecular complexity index is 3340. The number of hydrogen-bond acceptors (Lipinski definition) is 2. The summed E-state index contributed by atoms with van der Waals surface area (Å²) in [5.41, 5.74) is 15.2. The molecule has 2 heteroatoms. The van der Waals surface area contributed by atoms with E-state index in [9.17, 15) is 0 Å². The lowest BCUT2D eigenvalue weighted by Crippen LogP contribution is -2.26. The summed E-state index contributed by atoms with van der Waals surface area (Å²) in [4.78, 5) is 2.45. The molecule has 9 aromatic carbocycles. The van der Waals surface area contributed by atoms with Gasteiger partial charge in [0.25, 0.3) is 0 Å². The Morgan fingerprint density at radius 3 is 1.78 bits per heavy atom. The standard InChI is InChI=1S/C56H37NO/c1-3-4-21-37-35(2)58-51-33-18-32-49(53(37)51)57(36-19-6-5-7-20-36)50-34-46-52-43-27-11-8-22-38(43)39-23-9-12-28-44(39)55(52)56(54(46)45-29-13-10-26-42(45)50)47-30-16-14-24-40(47)41-25-15-17-31-48(41)56/h3-34H,1H2,2H3/b21-4-. The molecule has 0 bridgehead atoms. The van der Waals surface area contributed by atoms with E-state index in [1.54, 1.807) is 0 Å². The molecule has 0 fully saturated rings. The van der Waals surface area contributed by atoms with Crippen LogP contribution in [0, 0.1) is 6.92 Å². The SMILES string of the molecule is C=C/C=C\c1c(C)oc2cccc(N(c3ccccc3)c3cc4c(c5ccccc35)C3(c5ccccc5-c5ccccc53)c3c-4c4ccccc4c4ccccc34)c12. The van der Waals surface area contributed by atoms with Crippen molar-refractivity contribution >= 4 is 66.4 Å². The van der Waals surface area contributed by atoms with Gasteiger partial charge in [-0.2, -0.15) is 0 Å². The summed E-state index contributed by atoms with van der Waals surface area (Å²) in [5.74, 6) is 0.875. The highest BCUT2D eigenvalue weighted by Gasteiger charge is 2.54. The second-order valence-electron chi connectivity index (χ2n) is 15.5. The Labute approximate surface area is 337 Å². The van der Waals surface area contributed by atoms with E-state index >= 15 is 0 Å². The van der Waals surface area contributed by atoms with Crippen LogP contribution in [0.1, 0.15) is 33.6 Å². The molecule has 1 heterocycles. The molecule has 0 saturated carbocycles. The lowest BCUT2D eigenvalue weighted by Gasteiger charge is -2.34. The van der Waals surface area contributed by atoms with E-state index in [0.717, 1.165) is 39.4 Å². The van der Waals surface area contributed by atoms with Crippen LogP contribution in [-0.2, 0) is 5.41 Å². The number of fused-ring (bicyclic) bond motifs is 18. The predicted octanol–water partition coefficient (Wildman–Crippen LogP) is 15.2. The molecular formula is C56H37NO. The van der Waals surface area contributed by atoms with Crippen molar-refractivity contribution in [3.63, 3.8) is 0 Å².